The topological polar surface area (TPSA) is 68.2 Å². The maximum Gasteiger partial charge on any atom is 0.318 e. The number of nitrogens with zero attached hydrogens (tertiary/aromatic N) is 6. The Morgan fingerprint density at radius 3 is 2.58 bits per heavy atom. The van der Waals surface area contributed by atoms with Crippen LogP contribution in [0.1, 0.15) is 17.7 Å². The molecule has 1 N–H and O–H groups in total. The van der Waals surface area contributed by atoms with Crippen molar-refractivity contribution in [2.45, 2.75) is 19.4 Å². The summed E-state index contributed by atoms with van der Waals surface area (Å²) in [5.74, 6) is 1.87. The second-order valence-electron chi connectivity index (χ2n) is 10.6. The second-order valence-corrected chi connectivity index (χ2v) is 10.6. The Morgan fingerprint density at radius 2 is 1.78 bits per heavy atom. The number of hydrogen-bond acceptors (Lipinski definition) is 8. The average molecular weight is 489 g/mol. The van der Waals surface area contributed by atoms with Gasteiger partial charge >= 0.3 is 6.01 Å². The molecule has 0 amide bonds. The van der Waals surface area contributed by atoms with Gasteiger partial charge in [0.1, 0.15) is 11.6 Å². The maximum absolute atomic E-state index is 10.4. The van der Waals surface area contributed by atoms with Crippen molar-refractivity contribution in [1.29, 1.82) is 0 Å². The van der Waals surface area contributed by atoms with Crippen molar-refractivity contribution in [2.75, 3.05) is 76.3 Å². The van der Waals surface area contributed by atoms with E-state index in [0.29, 0.717) is 30.8 Å². The highest BCUT2D eigenvalue weighted by Gasteiger charge is 2.28. The predicted octanol–water partition coefficient (Wildman–Crippen LogP) is 2.98. The Bertz CT molecular complexity index is 1240. The molecule has 3 aliphatic heterocycles. The lowest BCUT2D eigenvalue weighted by Crippen LogP contribution is -2.46. The number of benzene rings is 2. The fourth-order valence-corrected chi connectivity index (χ4v) is 5.83. The van der Waals surface area contributed by atoms with E-state index in [2.05, 4.69) is 51.9 Å². The van der Waals surface area contributed by atoms with Crippen LogP contribution in [-0.2, 0) is 13.0 Å². The second kappa shape index (κ2) is 9.75. The minimum atomic E-state index is 0.292. The van der Waals surface area contributed by atoms with E-state index in [0.717, 1.165) is 86.6 Å². The number of phenolic OH excluding ortho intramolecular Hbond substituents is 1. The summed E-state index contributed by atoms with van der Waals surface area (Å²) in [6, 6.07) is 12.5. The van der Waals surface area contributed by atoms with Gasteiger partial charge in [-0.05, 0) is 44.9 Å². The zero-order valence-electron chi connectivity index (χ0n) is 21.4. The number of piperazine rings is 1. The standard InChI is InChI=1S/C28H36N6O2/c1-31-11-13-33(14-12-31)27-24-8-10-34(26-16-22(35)15-21-5-3-4-6-23(21)26)18-25(24)29-28(30-27)36-19-20-7-9-32(2)17-20/h3-6,15-16,20,35H,7-14,17-19H2,1-2H3. The molecule has 8 heteroatoms. The number of hydrogen-bond donors (Lipinski definition) is 1. The molecule has 2 saturated heterocycles. The molecule has 8 nitrogen and oxygen atoms in total. The Hall–Kier alpha value is -3.10. The molecule has 0 spiro atoms. The van der Waals surface area contributed by atoms with Gasteiger partial charge in [-0.2, -0.15) is 9.97 Å². The van der Waals surface area contributed by atoms with Crippen molar-refractivity contribution in [2.24, 2.45) is 5.92 Å². The maximum atomic E-state index is 10.4. The van der Waals surface area contributed by atoms with Crippen LogP contribution in [-0.4, -0.2) is 91.4 Å². The molecule has 2 fully saturated rings. The monoisotopic (exact) mass is 488 g/mol. The summed E-state index contributed by atoms with van der Waals surface area (Å²) in [4.78, 5) is 19.4. The highest BCUT2D eigenvalue weighted by molar-refractivity contribution is 5.95. The van der Waals surface area contributed by atoms with E-state index in [1.807, 2.05) is 18.2 Å². The highest BCUT2D eigenvalue weighted by atomic mass is 16.5. The van der Waals surface area contributed by atoms with Gasteiger partial charge in [-0.25, -0.2) is 0 Å². The Morgan fingerprint density at radius 1 is 0.944 bits per heavy atom. The molecule has 3 aromatic rings. The largest absolute Gasteiger partial charge is 0.508 e. The summed E-state index contributed by atoms with van der Waals surface area (Å²) in [5.41, 5.74) is 3.33. The molecule has 1 unspecified atom stereocenters. The number of ether oxygens (including phenoxy) is 1. The van der Waals surface area contributed by atoms with Gasteiger partial charge in [0.15, 0.2) is 0 Å². The van der Waals surface area contributed by atoms with Crippen molar-refractivity contribution >= 4 is 22.3 Å². The van der Waals surface area contributed by atoms with Gasteiger partial charge in [0.2, 0.25) is 0 Å². The van der Waals surface area contributed by atoms with Gasteiger partial charge in [-0.1, -0.05) is 24.3 Å². The molecule has 2 aromatic carbocycles. The molecular formula is C28H36N6O2. The number of phenols is 1. The Balaban J connectivity index is 1.32. The number of anilines is 2. The molecule has 3 aliphatic rings. The van der Waals surface area contributed by atoms with E-state index in [1.165, 1.54) is 5.56 Å². The zero-order valence-corrected chi connectivity index (χ0v) is 21.4. The third-order valence-corrected chi connectivity index (χ3v) is 7.93. The van der Waals surface area contributed by atoms with Gasteiger partial charge in [0, 0.05) is 67.9 Å². The normalized spacial score (nSPS) is 21.2. The highest BCUT2D eigenvalue weighted by Crippen LogP contribution is 2.36. The van der Waals surface area contributed by atoms with E-state index in [4.69, 9.17) is 14.7 Å². The summed E-state index contributed by atoms with van der Waals surface area (Å²) < 4.78 is 6.24. The third-order valence-electron chi connectivity index (χ3n) is 7.93. The van der Waals surface area contributed by atoms with Gasteiger partial charge in [0.05, 0.1) is 18.8 Å². The smallest absolute Gasteiger partial charge is 0.318 e. The van der Waals surface area contributed by atoms with Crippen molar-refractivity contribution in [3.63, 3.8) is 0 Å². The van der Waals surface area contributed by atoms with Crippen LogP contribution in [0.3, 0.4) is 0 Å². The van der Waals surface area contributed by atoms with Crippen LogP contribution in [0.4, 0.5) is 11.5 Å². The fourth-order valence-electron chi connectivity index (χ4n) is 5.83. The first kappa shape index (κ1) is 23.3. The van der Waals surface area contributed by atoms with Crippen LogP contribution in [0.5, 0.6) is 11.8 Å². The van der Waals surface area contributed by atoms with E-state index < -0.39 is 0 Å². The van der Waals surface area contributed by atoms with Crippen molar-refractivity contribution in [3.05, 3.63) is 47.7 Å². The fraction of sp³-hybridized carbons (Fsp3) is 0.500. The minimum absolute atomic E-state index is 0.292. The van der Waals surface area contributed by atoms with E-state index in [1.54, 1.807) is 0 Å². The Kier molecular flexibility index (Phi) is 6.31. The molecule has 1 atom stereocenters. The van der Waals surface area contributed by atoms with Crippen molar-refractivity contribution < 1.29 is 9.84 Å². The molecule has 0 saturated carbocycles. The summed E-state index contributed by atoms with van der Waals surface area (Å²) >= 11 is 0. The van der Waals surface area contributed by atoms with Crippen LogP contribution >= 0.6 is 0 Å². The van der Waals surface area contributed by atoms with Crippen LogP contribution < -0.4 is 14.5 Å². The van der Waals surface area contributed by atoms with E-state index in [9.17, 15) is 5.11 Å². The number of likely N-dealkylation sites (tertiary alicyclic amines) is 1. The van der Waals surface area contributed by atoms with E-state index >= 15 is 0 Å². The summed E-state index contributed by atoms with van der Waals surface area (Å²) in [5, 5.41) is 12.6. The van der Waals surface area contributed by atoms with Crippen LogP contribution in [0.25, 0.3) is 10.8 Å². The summed E-state index contributed by atoms with van der Waals surface area (Å²) in [6.45, 7) is 8.38. The molecule has 0 aliphatic carbocycles. The predicted molar refractivity (Wildman–Crippen MR) is 143 cm³/mol. The number of likely N-dealkylation sites (N-methyl/N-ethyl adjacent to an activating group) is 1. The molecule has 0 radical (unpaired) electrons. The molecule has 0 bridgehead atoms. The van der Waals surface area contributed by atoms with E-state index in [-0.39, 0.29) is 0 Å². The van der Waals surface area contributed by atoms with Crippen molar-refractivity contribution in [1.82, 2.24) is 19.8 Å². The summed E-state index contributed by atoms with van der Waals surface area (Å²) in [7, 11) is 4.35. The number of rotatable bonds is 5. The zero-order chi connectivity index (χ0) is 24.6. The van der Waals surface area contributed by atoms with Gasteiger partial charge in [0.25, 0.3) is 0 Å². The lowest BCUT2D eigenvalue weighted by Gasteiger charge is -2.37. The van der Waals surface area contributed by atoms with Gasteiger partial charge in [-0.15, -0.1) is 0 Å². The van der Waals surface area contributed by atoms with Crippen molar-refractivity contribution in [3.8, 4) is 11.8 Å². The molecule has 190 valence electrons. The lowest BCUT2D eigenvalue weighted by atomic mass is 10.0. The molecular weight excluding hydrogens is 452 g/mol. The van der Waals surface area contributed by atoms with Crippen LogP contribution in [0, 0.1) is 5.92 Å². The average Bonchev–Trinajstić information content (AvgIpc) is 3.31. The first-order valence-corrected chi connectivity index (χ1v) is 13.1. The molecule has 4 heterocycles. The Labute approximate surface area is 213 Å². The number of fused-ring (bicyclic) bond motifs is 2. The van der Waals surface area contributed by atoms with Crippen LogP contribution in [0.15, 0.2) is 36.4 Å². The SMILES string of the molecule is CN1CCN(c2nc(OCC3CCN(C)C3)nc3c2CCN(c2cc(O)cc4ccccc24)C3)CC1. The number of aromatic hydroxyl groups is 1. The number of aromatic nitrogens is 2. The van der Waals surface area contributed by atoms with Gasteiger partial charge < -0.3 is 29.4 Å². The minimum Gasteiger partial charge on any atom is -0.508 e. The first-order valence-electron chi connectivity index (χ1n) is 13.1. The first-order chi connectivity index (χ1) is 17.5. The summed E-state index contributed by atoms with van der Waals surface area (Å²) in [6.07, 6.45) is 2.03. The van der Waals surface area contributed by atoms with Gasteiger partial charge in [-0.3, -0.25) is 0 Å². The lowest BCUT2D eigenvalue weighted by molar-refractivity contribution is 0.231. The third kappa shape index (κ3) is 4.67. The molecule has 36 heavy (non-hydrogen) atoms. The molecule has 6 rings (SSSR count). The quantitative estimate of drug-likeness (QED) is 0.588. The van der Waals surface area contributed by atoms with Crippen LogP contribution in [0.2, 0.25) is 0 Å². The molecule has 1 aromatic heterocycles.